The molecule has 1 fully saturated rings. The molecule has 1 saturated carbocycles. The predicted molar refractivity (Wildman–Crippen MR) is 57.4 cm³/mol. The lowest BCUT2D eigenvalue weighted by Gasteiger charge is -2.28. The lowest BCUT2D eigenvalue weighted by Crippen LogP contribution is -2.53. The Kier molecular flexibility index (Phi) is 3.71. The summed E-state index contributed by atoms with van der Waals surface area (Å²) in [5, 5.41) is 7.57. The van der Waals surface area contributed by atoms with Gasteiger partial charge in [-0.3, -0.25) is 0 Å². The lowest BCUT2D eigenvalue weighted by molar-refractivity contribution is 0.398. The third-order valence-corrected chi connectivity index (χ3v) is 4.71. The lowest BCUT2D eigenvalue weighted by atomic mass is 10.0. The van der Waals surface area contributed by atoms with Gasteiger partial charge >= 0.3 is 0 Å². The fourth-order valence-electron chi connectivity index (χ4n) is 1.86. The molecule has 1 aliphatic carbocycles. The van der Waals surface area contributed by atoms with E-state index in [1.54, 1.807) is 6.07 Å². The van der Waals surface area contributed by atoms with Gasteiger partial charge in [0.05, 0.1) is 6.07 Å². The van der Waals surface area contributed by atoms with E-state index >= 15 is 0 Å². The Hall–Kier alpha value is -0.640. The SMILES string of the molecule is CC(C#N)S(=O)(=O)NC1(CN)CCCC1. The molecule has 0 amide bonds. The molecule has 1 aliphatic rings. The van der Waals surface area contributed by atoms with Gasteiger partial charge in [-0.25, -0.2) is 13.1 Å². The Morgan fingerprint density at radius 2 is 2.07 bits per heavy atom. The normalized spacial score (nSPS) is 22.2. The van der Waals surface area contributed by atoms with E-state index in [-0.39, 0.29) is 0 Å². The number of nitriles is 1. The molecule has 86 valence electrons. The van der Waals surface area contributed by atoms with E-state index in [9.17, 15) is 8.42 Å². The van der Waals surface area contributed by atoms with Crippen LogP contribution in [0.5, 0.6) is 0 Å². The van der Waals surface area contributed by atoms with Gasteiger partial charge in [0.15, 0.2) is 5.25 Å². The minimum absolute atomic E-state index is 0.296. The van der Waals surface area contributed by atoms with Crippen LogP contribution in [0.15, 0.2) is 0 Å². The summed E-state index contributed by atoms with van der Waals surface area (Å²) in [6.07, 6.45) is 3.50. The molecule has 0 aromatic carbocycles. The first kappa shape index (κ1) is 12.4. The van der Waals surface area contributed by atoms with Crippen LogP contribution >= 0.6 is 0 Å². The second-order valence-electron chi connectivity index (χ2n) is 4.11. The fraction of sp³-hybridized carbons (Fsp3) is 0.889. The average Bonchev–Trinajstić information content (AvgIpc) is 2.65. The zero-order valence-corrected chi connectivity index (χ0v) is 9.68. The fourth-order valence-corrected chi connectivity index (χ4v) is 3.07. The van der Waals surface area contributed by atoms with Crippen molar-refractivity contribution in [3.05, 3.63) is 0 Å². The standard InChI is InChI=1S/C9H17N3O2S/c1-8(6-10)15(13,14)12-9(7-11)4-2-3-5-9/h8,12H,2-5,7,11H2,1H3. The molecule has 0 heterocycles. The van der Waals surface area contributed by atoms with Gasteiger partial charge in [0.25, 0.3) is 0 Å². The maximum Gasteiger partial charge on any atom is 0.228 e. The minimum atomic E-state index is -3.56. The molecule has 0 spiro atoms. The number of nitrogens with zero attached hydrogens (tertiary/aromatic N) is 1. The minimum Gasteiger partial charge on any atom is -0.329 e. The molecule has 1 rings (SSSR count). The van der Waals surface area contributed by atoms with Crippen molar-refractivity contribution in [1.29, 1.82) is 5.26 Å². The molecule has 1 atom stereocenters. The zero-order valence-electron chi connectivity index (χ0n) is 8.86. The maximum absolute atomic E-state index is 11.7. The van der Waals surface area contributed by atoms with Gasteiger partial charge in [-0.2, -0.15) is 5.26 Å². The van der Waals surface area contributed by atoms with Gasteiger partial charge in [-0.15, -0.1) is 0 Å². The largest absolute Gasteiger partial charge is 0.329 e. The van der Waals surface area contributed by atoms with Crippen LogP contribution in [-0.2, 0) is 10.0 Å². The molecule has 0 radical (unpaired) electrons. The number of sulfonamides is 1. The number of hydrogen-bond donors (Lipinski definition) is 2. The molecular weight excluding hydrogens is 214 g/mol. The summed E-state index contributed by atoms with van der Waals surface area (Å²) >= 11 is 0. The summed E-state index contributed by atoms with van der Waals surface area (Å²) in [5.74, 6) is 0. The van der Waals surface area contributed by atoms with Gasteiger partial charge in [0.1, 0.15) is 0 Å². The topological polar surface area (TPSA) is 96.0 Å². The van der Waals surface area contributed by atoms with E-state index in [0.717, 1.165) is 25.7 Å². The third kappa shape index (κ3) is 2.68. The predicted octanol–water partition coefficient (Wildman–Crippen LogP) is 0.0894. The van der Waals surface area contributed by atoms with E-state index in [4.69, 9.17) is 11.0 Å². The highest BCUT2D eigenvalue weighted by atomic mass is 32.2. The quantitative estimate of drug-likeness (QED) is 0.716. The second kappa shape index (κ2) is 4.47. The number of nitrogens with one attached hydrogen (secondary N) is 1. The van der Waals surface area contributed by atoms with Gasteiger partial charge in [0.2, 0.25) is 10.0 Å². The van der Waals surface area contributed by atoms with Crippen molar-refractivity contribution in [2.24, 2.45) is 5.73 Å². The molecule has 6 heteroatoms. The summed E-state index contributed by atoms with van der Waals surface area (Å²) in [6.45, 7) is 1.67. The molecule has 1 unspecified atom stereocenters. The molecule has 0 aliphatic heterocycles. The first-order valence-corrected chi connectivity index (χ1v) is 6.63. The van der Waals surface area contributed by atoms with E-state index < -0.39 is 20.8 Å². The van der Waals surface area contributed by atoms with Crippen LogP contribution in [0.2, 0.25) is 0 Å². The monoisotopic (exact) mass is 231 g/mol. The highest BCUT2D eigenvalue weighted by molar-refractivity contribution is 7.90. The molecule has 5 nitrogen and oxygen atoms in total. The number of hydrogen-bond acceptors (Lipinski definition) is 4. The van der Waals surface area contributed by atoms with Crippen molar-refractivity contribution in [2.75, 3.05) is 6.54 Å². The third-order valence-electron chi connectivity index (χ3n) is 2.96. The Morgan fingerprint density at radius 3 is 2.47 bits per heavy atom. The van der Waals surface area contributed by atoms with Gasteiger partial charge in [0, 0.05) is 12.1 Å². The van der Waals surface area contributed by atoms with Gasteiger partial charge in [-0.05, 0) is 19.8 Å². The van der Waals surface area contributed by atoms with E-state index in [1.165, 1.54) is 6.92 Å². The molecule has 0 bridgehead atoms. The Labute approximate surface area is 90.7 Å². The van der Waals surface area contributed by atoms with Crippen LogP contribution in [0.1, 0.15) is 32.6 Å². The van der Waals surface area contributed by atoms with E-state index in [1.807, 2.05) is 0 Å². The van der Waals surface area contributed by atoms with Crippen LogP contribution < -0.4 is 10.5 Å². The summed E-state index contributed by atoms with van der Waals surface area (Å²) in [7, 11) is -3.56. The van der Waals surface area contributed by atoms with E-state index in [2.05, 4.69) is 4.72 Å². The average molecular weight is 231 g/mol. The van der Waals surface area contributed by atoms with Crippen LogP contribution in [0.4, 0.5) is 0 Å². The number of nitrogens with two attached hydrogens (primary N) is 1. The van der Waals surface area contributed by atoms with Crippen molar-refractivity contribution in [2.45, 2.75) is 43.4 Å². The first-order chi connectivity index (χ1) is 6.96. The second-order valence-corrected chi connectivity index (χ2v) is 6.11. The van der Waals surface area contributed by atoms with Crippen molar-refractivity contribution >= 4 is 10.0 Å². The van der Waals surface area contributed by atoms with Crippen molar-refractivity contribution in [1.82, 2.24) is 4.72 Å². The Morgan fingerprint density at radius 1 is 1.53 bits per heavy atom. The zero-order chi connectivity index (χ0) is 11.5. The molecule has 15 heavy (non-hydrogen) atoms. The Bertz CT molecular complexity index is 352. The molecule has 0 saturated heterocycles. The van der Waals surface area contributed by atoms with E-state index in [0.29, 0.717) is 6.54 Å². The molecule has 0 aromatic rings. The van der Waals surface area contributed by atoms with Gasteiger partial charge < -0.3 is 5.73 Å². The Balaban J connectivity index is 2.80. The van der Waals surface area contributed by atoms with Crippen LogP contribution in [-0.4, -0.2) is 25.8 Å². The summed E-state index contributed by atoms with van der Waals surface area (Å²) in [4.78, 5) is 0. The molecular formula is C9H17N3O2S. The summed E-state index contributed by atoms with van der Waals surface area (Å²) in [6, 6.07) is 1.73. The number of rotatable bonds is 4. The smallest absolute Gasteiger partial charge is 0.228 e. The molecule has 0 aromatic heterocycles. The summed E-state index contributed by atoms with van der Waals surface area (Å²) < 4.78 is 26.0. The van der Waals surface area contributed by atoms with Crippen molar-refractivity contribution < 1.29 is 8.42 Å². The first-order valence-electron chi connectivity index (χ1n) is 5.08. The molecule has 3 N–H and O–H groups in total. The van der Waals surface area contributed by atoms with Crippen molar-refractivity contribution in [3.8, 4) is 6.07 Å². The summed E-state index contributed by atoms with van der Waals surface area (Å²) in [5.41, 5.74) is 5.10. The van der Waals surface area contributed by atoms with Crippen LogP contribution in [0.25, 0.3) is 0 Å². The maximum atomic E-state index is 11.7. The van der Waals surface area contributed by atoms with Gasteiger partial charge in [-0.1, -0.05) is 12.8 Å². The highest BCUT2D eigenvalue weighted by Crippen LogP contribution is 2.29. The van der Waals surface area contributed by atoms with Crippen LogP contribution in [0, 0.1) is 11.3 Å². The van der Waals surface area contributed by atoms with Crippen LogP contribution in [0.3, 0.4) is 0 Å². The van der Waals surface area contributed by atoms with Crippen molar-refractivity contribution in [3.63, 3.8) is 0 Å². The highest BCUT2D eigenvalue weighted by Gasteiger charge is 2.37.